The molecule has 35 heavy (non-hydrogen) atoms. The molecular formula is C24H25N5O6. The number of carboxylic acid groups (broad SMARTS) is 1. The maximum Gasteiger partial charge on any atom is 0.342 e. The van der Waals surface area contributed by atoms with E-state index >= 15 is 0 Å². The fourth-order valence-corrected chi connectivity index (χ4v) is 3.52. The van der Waals surface area contributed by atoms with Crippen LogP contribution in [0.4, 0.5) is 5.69 Å². The van der Waals surface area contributed by atoms with Gasteiger partial charge in [0.05, 0.1) is 21.9 Å². The fourth-order valence-electron chi connectivity index (χ4n) is 3.52. The lowest BCUT2D eigenvalue weighted by Crippen LogP contribution is -2.23. The molecule has 0 saturated heterocycles. The first kappa shape index (κ1) is 25.1. The van der Waals surface area contributed by atoms with Gasteiger partial charge in [-0.3, -0.25) is 24.8 Å². The number of H-pyrrole nitrogens is 1. The van der Waals surface area contributed by atoms with Crippen molar-refractivity contribution in [3.63, 3.8) is 0 Å². The van der Waals surface area contributed by atoms with Gasteiger partial charge in [-0.2, -0.15) is 5.10 Å². The van der Waals surface area contributed by atoms with Crippen LogP contribution < -0.4 is 11.0 Å². The van der Waals surface area contributed by atoms with Crippen molar-refractivity contribution in [2.45, 2.75) is 40.0 Å². The molecule has 11 heteroatoms. The third-order valence-electron chi connectivity index (χ3n) is 5.44. The molecule has 182 valence electrons. The molecule has 0 atom stereocenters. The van der Waals surface area contributed by atoms with Gasteiger partial charge in [-0.15, -0.1) is 0 Å². The number of hydrogen-bond acceptors (Lipinski definition) is 6. The molecule has 0 bridgehead atoms. The second kappa shape index (κ2) is 9.37. The Morgan fingerprint density at radius 1 is 1.14 bits per heavy atom. The zero-order chi connectivity index (χ0) is 26.1. The molecule has 1 aromatic heterocycles. The highest BCUT2D eigenvalue weighted by Gasteiger charge is 2.22. The number of nitro benzene ring substituents is 1. The average Bonchev–Trinajstić information content (AvgIpc) is 3.10. The number of benzene rings is 2. The Morgan fingerprint density at radius 3 is 2.31 bits per heavy atom. The lowest BCUT2D eigenvalue weighted by atomic mass is 9.87. The summed E-state index contributed by atoms with van der Waals surface area (Å²) in [6.07, 6.45) is 0. The van der Waals surface area contributed by atoms with Crippen molar-refractivity contribution in [1.29, 1.82) is 0 Å². The molecule has 0 fully saturated rings. The first-order valence-corrected chi connectivity index (χ1v) is 10.6. The maximum atomic E-state index is 13.1. The van der Waals surface area contributed by atoms with Gasteiger partial charge in [-0.25, -0.2) is 14.9 Å². The molecule has 3 rings (SSSR count). The maximum absolute atomic E-state index is 13.1. The van der Waals surface area contributed by atoms with Crippen molar-refractivity contribution in [2.24, 2.45) is 5.10 Å². The molecule has 3 aromatic rings. The average molecular weight is 479 g/mol. The lowest BCUT2D eigenvalue weighted by molar-refractivity contribution is -0.385. The Bertz CT molecular complexity index is 1410. The number of hydrazone groups is 1. The molecule has 0 aliphatic rings. The summed E-state index contributed by atoms with van der Waals surface area (Å²) in [6.45, 7) is 9.53. The van der Waals surface area contributed by atoms with Gasteiger partial charge in [0.15, 0.2) is 0 Å². The Balaban J connectivity index is 1.87. The summed E-state index contributed by atoms with van der Waals surface area (Å²) in [5.41, 5.74) is 3.24. The van der Waals surface area contributed by atoms with Crippen LogP contribution in [0.15, 0.2) is 52.4 Å². The van der Waals surface area contributed by atoms with Crippen LogP contribution >= 0.6 is 0 Å². The zero-order valence-corrected chi connectivity index (χ0v) is 19.9. The smallest absolute Gasteiger partial charge is 0.342 e. The van der Waals surface area contributed by atoms with Gasteiger partial charge in [0.1, 0.15) is 5.56 Å². The van der Waals surface area contributed by atoms with Crippen LogP contribution in [0.25, 0.3) is 5.69 Å². The minimum absolute atomic E-state index is 0.0316. The lowest BCUT2D eigenvalue weighted by Gasteiger charge is -2.19. The van der Waals surface area contributed by atoms with E-state index < -0.39 is 28.1 Å². The van der Waals surface area contributed by atoms with Gasteiger partial charge in [-0.05, 0) is 49.1 Å². The first-order valence-electron chi connectivity index (χ1n) is 10.6. The number of rotatable bonds is 6. The van der Waals surface area contributed by atoms with Crippen molar-refractivity contribution in [3.05, 3.63) is 90.9 Å². The van der Waals surface area contributed by atoms with E-state index in [0.717, 1.165) is 23.8 Å². The third-order valence-corrected chi connectivity index (χ3v) is 5.44. The molecule has 0 spiro atoms. The monoisotopic (exact) mass is 479 g/mol. The molecule has 3 N–H and O–H groups in total. The van der Waals surface area contributed by atoms with Crippen LogP contribution in [-0.4, -0.2) is 37.4 Å². The largest absolute Gasteiger partial charge is 0.477 e. The van der Waals surface area contributed by atoms with Gasteiger partial charge < -0.3 is 5.11 Å². The number of amides is 1. The van der Waals surface area contributed by atoms with Crippen LogP contribution in [0.3, 0.4) is 0 Å². The molecule has 0 radical (unpaired) electrons. The van der Waals surface area contributed by atoms with E-state index in [1.165, 1.54) is 4.68 Å². The quantitative estimate of drug-likeness (QED) is 0.278. The molecular weight excluding hydrogens is 454 g/mol. The van der Waals surface area contributed by atoms with Crippen LogP contribution in [-0.2, 0) is 5.41 Å². The van der Waals surface area contributed by atoms with Gasteiger partial charge in [0.2, 0.25) is 0 Å². The number of nitrogens with zero attached hydrogens (tertiary/aromatic N) is 3. The summed E-state index contributed by atoms with van der Waals surface area (Å²) in [5, 5.41) is 27.2. The van der Waals surface area contributed by atoms with Gasteiger partial charge >= 0.3 is 5.97 Å². The van der Waals surface area contributed by atoms with E-state index in [1.807, 2.05) is 24.3 Å². The number of carbonyl (C=O) groups is 2. The Hall–Kier alpha value is -4.54. The second-order valence-electron chi connectivity index (χ2n) is 8.98. The van der Waals surface area contributed by atoms with Crippen LogP contribution in [0, 0.1) is 17.0 Å². The zero-order valence-electron chi connectivity index (χ0n) is 19.9. The number of aromatic carboxylic acids is 1. The number of nitrogens with one attached hydrogen (secondary N) is 2. The number of carboxylic acids is 1. The molecule has 0 saturated carbocycles. The fraction of sp³-hybridized carbons (Fsp3) is 0.250. The van der Waals surface area contributed by atoms with Crippen molar-refractivity contribution in [2.75, 3.05) is 0 Å². The minimum atomic E-state index is -1.48. The van der Waals surface area contributed by atoms with E-state index in [0.29, 0.717) is 11.4 Å². The molecule has 2 aromatic carbocycles. The van der Waals surface area contributed by atoms with E-state index in [2.05, 4.69) is 36.4 Å². The topological polar surface area (TPSA) is 160 Å². The van der Waals surface area contributed by atoms with Crippen molar-refractivity contribution in [1.82, 2.24) is 15.2 Å². The first-order chi connectivity index (χ1) is 16.3. The summed E-state index contributed by atoms with van der Waals surface area (Å²) in [7, 11) is 0. The molecule has 0 aliphatic carbocycles. The molecule has 1 heterocycles. The summed E-state index contributed by atoms with van der Waals surface area (Å²) >= 11 is 0. The number of carbonyl (C=O) groups excluding carboxylic acids is 1. The number of nitro groups is 1. The Kier molecular flexibility index (Phi) is 6.72. The summed E-state index contributed by atoms with van der Waals surface area (Å²) in [4.78, 5) is 46.9. The highest BCUT2D eigenvalue weighted by Crippen LogP contribution is 2.23. The predicted molar refractivity (Wildman–Crippen MR) is 130 cm³/mol. The highest BCUT2D eigenvalue weighted by molar-refractivity contribution is 6.02. The van der Waals surface area contributed by atoms with Crippen LogP contribution in [0.1, 0.15) is 65.2 Å². The normalized spacial score (nSPS) is 11.9. The molecule has 0 aliphatic heterocycles. The van der Waals surface area contributed by atoms with Crippen LogP contribution in [0.2, 0.25) is 0 Å². The molecule has 1 amide bonds. The molecule has 0 unspecified atom stereocenters. The van der Waals surface area contributed by atoms with Crippen molar-refractivity contribution >= 4 is 23.3 Å². The SMILES string of the molecule is C/C(=N\NC(=O)c1ccc(C(=O)O)c([N+](=O)[O-])c1)c1c(C)[nH]n(-c2ccc(C(C)(C)C)cc2)c1=O. The Morgan fingerprint density at radius 2 is 1.77 bits per heavy atom. The summed E-state index contributed by atoms with van der Waals surface area (Å²) < 4.78 is 1.38. The second-order valence-corrected chi connectivity index (χ2v) is 8.98. The highest BCUT2D eigenvalue weighted by atomic mass is 16.6. The number of aromatic nitrogens is 2. The van der Waals surface area contributed by atoms with Crippen LogP contribution in [0.5, 0.6) is 0 Å². The van der Waals surface area contributed by atoms with E-state index in [1.54, 1.807) is 13.8 Å². The summed E-state index contributed by atoms with van der Waals surface area (Å²) in [6, 6.07) is 10.6. The van der Waals surface area contributed by atoms with Gasteiger partial charge in [-0.1, -0.05) is 32.9 Å². The number of aryl methyl sites for hydroxylation is 1. The van der Waals surface area contributed by atoms with Gasteiger partial charge in [0.25, 0.3) is 17.2 Å². The van der Waals surface area contributed by atoms with Gasteiger partial charge in [0, 0.05) is 17.3 Å². The third kappa shape index (κ3) is 5.18. The number of hydrogen-bond donors (Lipinski definition) is 3. The summed E-state index contributed by atoms with van der Waals surface area (Å²) in [5.74, 6) is -2.28. The molecule has 11 nitrogen and oxygen atoms in total. The Labute approximate surface area is 200 Å². The van der Waals surface area contributed by atoms with E-state index in [4.69, 9.17) is 5.11 Å². The number of aromatic amines is 1. The predicted octanol–water partition coefficient (Wildman–Crippen LogP) is 3.53. The van der Waals surface area contributed by atoms with Crippen molar-refractivity contribution in [3.8, 4) is 5.69 Å². The minimum Gasteiger partial charge on any atom is -0.477 e. The standard InChI is InChI=1S/C24H25N5O6/c1-13(25-26-21(30)15-6-11-18(23(32)33)19(12-15)29(34)35)20-14(2)27-28(22(20)31)17-9-7-16(8-10-17)24(3,4)5/h6-12,27H,1-5H3,(H,26,30)(H,32,33)/b25-13+. The van der Waals surface area contributed by atoms with Crippen molar-refractivity contribution < 1.29 is 19.6 Å². The van der Waals surface area contributed by atoms with E-state index in [9.17, 15) is 24.5 Å². The van der Waals surface area contributed by atoms with E-state index in [-0.39, 0.29) is 27.8 Å².